The van der Waals surface area contributed by atoms with Crippen LogP contribution in [0.25, 0.3) is 0 Å². The van der Waals surface area contributed by atoms with Gasteiger partial charge in [0, 0.05) is 24.3 Å². The molecule has 1 aromatic carbocycles. The summed E-state index contributed by atoms with van der Waals surface area (Å²) in [7, 11) is 0. The van der Waals surface area contributed by atoms with E-state index in [-0.39, 0.29) is 5.91 Å². The summed E-state index contributed by atoms with van der Waals surface area (Å²) in [6.45, 7) is 1.25. The number of nitrogens with zero attached hydrogens (tertiary/aromatic N) is 1. The van der Waals surface area contributed by atoms with E-state index in [0.29, 0.717) is 11.3 Å². The standard InChI is InChI=1S/C18H23F3N2O3/c1-13(26-12-18(19,20)21)16(24)22-15-8-6-14(7-9-15)17(25)23-10-4-2-3-5-11-23/h6-9,13H,2-5,10-12H2,1H3,(H,22,24)/t13-/m1/s1. The van der Waals surface area contributed by atoms with E-state index in [4.69, 9.17) is 0 Å². The van der Waals surface area contributed by atoms with Gasteiger partial charge in [-0.05, 0) is 44.0 Å². The summed E-state index contributed by atoms with van der Waals surface area (Å²) in [5.41, 5.74) is 0.913. The molecule has 1 fully saturated rings. The van der Waals surface area contributed by atoms with Gasteiger partial charge in [-0.25, -0.2) is 0 Å². The average molecular weight is 372 g/mol. The van der Waals surface area contributed by atoms with Crippen LogP contribution in [-0.4, -0.2) is 48.7 Å². The van der Waals surface area contributed by atoms with Gasteiger partial charge in [0.2, 0.25) is 0 Å². The van der Waals surface area contributed by atoms with Gasteiger partial charge in [-0.15, -0.1) is 0 Å². The molecule has 0 unspecified atom stereocenters. The minimum atomic E-state index is -4.48. The zero-order chi connectivity index (χ0) is 19.2. The Labute approximate surface area is 150 Å². The first-order chi connectivity index (χ1) is 12.3. The Morgan fingerprint density at radius 1 is 1.12 bits per heavy atom. The molecule has 1 N–H and O–H groups in total. The fourth-order valence-electron chi connectivity index (χ4n) is 2.69. The molecule has 1 saturated heterocycles. The van der Waals surface area contributed by atoms with Gasteiger partial charge in [-0.3, -0.25) is 9.59 Å². The van der Waals surface area contributed by atoms with Gasteiger partial charge in [-0.1, -0.05) is 12.8 Å². The molecule has 2 rings (SSSR count). The molecule has 1 heterocycles. The first-order valence-electron chi connectivity index (χ1n) is 8.65. The summed E-state index contributed by atoms with van der Waals surface area (Å²) in [6.07, 6.45) is -1.47. The lowest BCUT2D eigenvalue weighted by atomic mass is 10.1. The number of likely N-dealkylation sites (tertiary alicyclic amines) is 1. The average Bonchev–Trinajstić information content (AvgIpc) is 2.88. The van der Waals surface area contributed by atoms with Crippen LogP contribution >= 0.6 is 0 Å². The van der Waals surface area contributed by atoms with E-state index >= 15 is 0 Å². The molecule has 2 amide bonds. The van der Waals surface area contributed by atoms with E-state index in [2.05, 4.69) is 10.1 Å². The maximum absolute atomic E-state index is 12.5. The minimum absolute atomic E-state index is 0.0494. The largest absolute Gasteiger partial charge is 0.411 e. The van der Waals surface area contributed by atoms with Crippen molar-refractivity contribution in [2.45, 2.75) is 44.9 Å². The van der Waals surface area contributed by atoms with E-state index in [0.717, 1.165) is 38.8 Å². The molecule has 26 heavy (non-hydrogen) atoms. The van der Waals surface area contributed by atoms with Crippen LogP contribution in [0.2, 0.25) is 0 Å². The number of carbonyl (C=O) groups excluding carboxylic acids is 2. The molecule has 1 aromatic rings. The number of halogens is 3. The number of carbonyl (C=O) groups is 2. The first kappa shape index (κ1) is 20.2. The Morgan fingerprint density at radius 2 is 1.69 bits per heavy atom. The zero-order valence-corrected chi connectivity index (χ0v) is 14.6. The Morgan fingerprint density at radius 3 is 2.23 bits per heavy atom. The van der Waals surface area contributed by atoms with Crippen molar-refractivity contribution in [3.8, 4) is 0 Å². The maximum atomic E-state index is 12.5. The Hall–Kier alpha value is -2.09. The summed E-state index contributed by atoms with van der Waals surface area (Å²) in [6, 6.07) is 6.31. The van der Waals surface area contributed by atoms with Crippen molar-refractivity contribution in [3.05, 3.63) is 29.8 Å². The van der Waals surface area contributed by atoms with Crippen LogP contribution in [0.15, 0.2) is 24.3 Å². The van der Waals surface area contributed by atoms with Crippen molar-refractivity contribution in [1.29, 1.82) is 0 Å². The molecule has 1 atom stereocenters. The van der Waals surface area contributed by atoms with Gasteiger partial charge in [0.1, 0.15) is 12.7 Å². The van der Waals surface area contributed by atoms with E-state index in [1.807, 2.05) is 4.90 Å². The quantitative estimate of drug-likeness (QED) is 0.859. The number of benzene rings is 1. The molecule has 8 heteroatoms. The number of amides is 2. The number of hydrogen-bond donors (Lipinski definition) is 1. The number of nitrogens with one attached hydrogen (secondary N) is 1. The van der Waals surface area contributed by atoms with Crippen molar-refractivity contribution >= 4 is 17.5 Å². The van der Waals surface area contributed by atoms with Crippen molar-refractivity contribution in [2.75, 3.05) is 25.0 Å². The number of alkyl halides is 3. The van der Waals surface area contributed by atoms with Gasteiger partial charge in [0.25, 0.3) is 11.8 Å². The Bertz CT molecular complexity index is 609. The van der Waals surface area contributed by atoms with Gasteiger partial charge in [-0.2, -0.15) is 13.2 Å². The highest BCUT2D eigenvalue weighted by molar-refractivity contribution is 5.96. The number of anilines is 1. The summed E-state index contributed by atoms with van der Waals surface area (Å²) in [5, 5.41) is 2.48. The van der Waals surface area contributed by atoms with Gasteiger partial charge in [0.15, 0.2) is 0 Å². The smallest absolute Gasteiger partial charge is 0.359 e. The molecule has 1 aliphatic heterocycles. The molecule has 0 radical (unpaired) electrons. The highest BCUT2D eigenvalue weighted by Crippen LogP contribution is 2.17. The summed E-state index contributed by atoms with van der Waals surface area (Å²) in [5.74, 6) is -0.729. The molecule has 0 spiro atoms. The molecule has 144 valence electrons. The lowest BCUT2D eigenvalue weighted by molar-refractivity contribution is -0.184. The van der Waals surface area contributed by atoms with E-state index in [9.17, 15) is 22.8 Å². The lowest BCUT2D eigenvalue weighted by Crippen LogP contribution is -2.32. The number of ether oxygens (including phenoxy) is 1. The molecule has 0 aliphatic carbocycles. The van der Waals surface area contributed by atoms with Crippen LogP contribution in [0.3, 0.4) is 0 Å². The van der Waals surface area contributed by atoms with Crippen LogP contribution in [0.5, 0.6) is 0 Å². The van der Waals surface area contributed by atoms with Crippen LogP contribution < -0.4 is 5.32 Å². The third kappa shape index (κ3) is 6.33. The predicted molar refractivity (Wildman–Crippen MR) is 90.9 cm³/mol. The van der Waals surface area contributed by atoms with Crippen LogP contribution in [0.1, 0.15) is 43.0 Å². The minimum Gasteiger partial charge on any atom is -0.359 e. The maximum Gasteiger partial charge on any atom is 0.411 e. The summed E-state index contributed by atoms with van der Waals surface area (Å²) in [4.78, 5) is 26.2. The third-order valence-corrected chi connectivity index (χ3v) is 4.16. The summed E-state index contributed by atoms with van der Waals surface area (Å²) < 4.78 is 40.8. The SMILES string of the molecule is C[C@@H](OCC(F)(F)F)C(=O)Nc1ccc(C(=O)N2CCCCCC2)cc1. The van der Waals surface area contributed by atoms with Crippen LogP contribution in [-0.2, 0) is 9.53 Å². The molecule has 0 bridgehead atoms. The molecule has 0 aromatic heterocycles. The Kier molecular flexibility index (Phi) is 7.02. The third-order valence-electron chi connectivity index (χ3n) is 4.16. The van der Waals surface area contributed by atoms with E-state index in [1.54, 1.807) is 24.3 Å². The van der Waals surface area contributed by atoms with Crippen LogP contribution in [0.4, 0.5) is 18.9 Å². The van der Waals surface area contributed by atoms with Gasteiger partial charge in [0.05, 0.1) is 0 Å². The van der Waals surface area contributed by atoms with Gasteiger partial charge < -0.3 is 15.0 Å². The lowest BCUT2D eigenvalue weighted by Gasteiger charge is -2.20. The predicted octanol–water partition coefficient (Wildman–Crippen LogP) is 3.61. The van der Waals surface area contributed by atoms with E-state index < -0.39 is 24.8 Å². The topological polar surface area (TPSA) is 58.6 Å². The van der Waals surface area contributed by atoms with Gasteiger partial charge >= 0.3 is 6.18 Å². The zero-order valence-electron chi connectivity index (χ0n) is 14.6. The Balaban J connectivity index is 1.90. The second kappa shape index (κ2) is 9.02. The fourth-order valence-corrected chi connectivity index (χ4v) is 2.69. The van der Waals surface area contributed by atoms with Crippen molar-refractivity contribution in [2.24, 2.45) is 0 Å². The highest BCUT2D eigenvalue weighted by atomic mass is 19.4. The molecular formula is C18H23F3N2O3. The van der Waals surface area contributed by atoms with Crippen molar-refractivity contribution in [3.63, 3.8) is 0 Å². The monoisotopic (exact) mass is 372 g/mol. The van der Waals surface area contributed by atoms with Crippen molar-refractivity contribution < 1.29 is 27.5 Å². The second-order valence-electron chi connectivity index (χ2n) is 6.34. The van der Waals surface area contributed by atoms with Crippen molar-refractivity contribution in [1.82, 2.24) is 4.90 Å². The fraction of sp³-hybridized carbons (Fsp3) is 0.556. The van der Waals surface area contributed by atoms with E-state index in [1.165, 1.54) is 6.92 Å². The number of hydrogen-bond acceptors (Lipinski definition) is 3. The second-order valence-corrected chi connectivity index (χ2v) is 6.34. The normalized spacial score (nSPS) is 16.7. The number of rotatable bonds is 5. The molecule has 5 nitrogen and oxygen atoms in total. The van der Waals surface area contributed by atoms with Crippen LogP contribution in [0, 0.1) is 0 Å². The summed E-state index contributed by atoms with van der Waals surface area (Å²) >= 11 is 0. The first-order valence-corrected chi connectivity index (χ1v) is 8.65. The molecular weight excluding hydrogens is 349 g/mol. The molecule has 0 saturated carbocycles. The highest BCUT2D eigenvalue weighted by Gasteiger charge is 2.30. The molecule has 1 aliphatic rings.